The second-order valence-corrected chi connectivity index (χ2v) is 16.6. The average Bonchev–Trinajstić information content (AvgIpc) is 3.49. The Balaban J connectivity index is 0.000000143. The molecule has 11 atom stereocenters. The molecule has 6 aliphatic rings. The maximum Gasteiger partial charge on any atom is 0.319 e. The number of likely N-dealkylation sites (N-methyl/N-ethyl adjacent to an activating group) is 2. The van der Waals surface area contributed by atoms with E-state index < -0.39 is 0 Å². The highest BCUT2D eigenvalue weighted by molar-refractivity contribution is 8.00. The van der Waals surface area contributed by atoms with Gasteiger partial charge in [-0.2, -0.15) is 0 Å². The number of ether oxygens (including phenoxy) is 2. The summed E-state index contributed by atoms with van der Waals surface area (Å²) in [6.07, 6.45) is 10.4. The predicted octanol–water partition coefficient (Wildman–Crippen LogP) is 7.71. The molecule has 2 heterocycles. The summed E-state index contributed by atoms with van der Waals surface area (Å²) in [6, 6.07) is 31.6. The first kappa shape index (κ1) is 33.0. The van der Waals surface area contributed by atoms with Gasteiger partial charge in [0.1, 0.15) is 23.4 Å². The molecule has 11 unspecified atom stereocenters. The van der Waals surface area contributed by atoms with Crippen LogP contribution in [-0.4, -0.2) is 76.5 Å². The summed E-state index contributed by atoms with van der Waals surface area (Å²) in [4.78, 5) is 32.0. The number of carbonyl (C=O) groups excluding carboxylic acids is 2. The summed E-state index contributed by atoms with van der Waals surface area (Å²) in [5.41, 5.74) is 2.74. The molecule has 9 rings (SSSR count). The number of nitrogens with zero attached hydrogens (tertiary/aromatic N) is 2. The fourth-order valence-electron chi connectivity index (χ4n) is 10.8. The van der Waals surface area contributed by atoms with Crippen molar-refractivity contribution in [2.45, 2.75) is 116 Å². The van der Waals surface area contributed by atoms with Gasteiger partial charge < -0.3 is 9.47 Å². The van der Waals surface area contributed by atoms with Crippen molar-refractivity contribution in [3.63, 3.8) is 0 Å². The molecule has 4 aliphatic carbocycles. The van der Waals surface area contributed by atoms with Crippen LogP contribution in [-0.2, 0) is 19.1 Å². The van der Waals surface area contributed by atoms with Crippen LogP contribution in [0, 0.1) is 11.8 Å². The van der Waals surface area contributed by atoms with Crippen LogP contribution in [0.3, 0.4) is 0 Å². The second kappa shape index (κ2) is 13.2. The van der Waals surface area contributed by atoms with Crippen molar-refractivity contribution < 1.29 is 19.1 Å². The summed E-state index contributed by atoms with van der Waals surface area (Å²) in [5.74, 6) is 0.980. The minimum atomic E-state index is -0.344. The quantitative estimate of drug-likeness (QED) is 0.131. The molecule has 49 heavy (non-hydrogen) atoms. The smallest absolute Gasteiger partial charge is 0.319 e. The van der Waals surface area contributed by atoms with E-state index in [0.717, 1.165) is 66.1 Å². The Bertz CT molecular complexity index is 1600. The van der Waals surface area contributed by atoms with Crippen LogP contribution in [0.2, 0.25) is 0 Å². The highest BCUT2D eigenvalue weighted by Gasteiger charge is 2.72. The van der Waals surface area contributed by atoms with Crippen LogP contribution in [0.1, 0.15) is 81.8 Å². The molecule has 2 aliphatic heterocycles. The molecule has 0 amide bonds. The van der Waals surface area contributed by atoms with E-state index >= 15 is 0 Å². The second-order valence-electron chi connectivity index (χ2n) is 15.4. The van der Waals surface area contributed by atoms with E-state index in [-0.39, 0.29) is 35.3 Å². The zero-order valence-corrected chi connectivity index (χ0v) is 29.9. The highest BCUT2D eigenvalue weighted by atomic mass is 32.2. The standard InChI is InChI=1S/C23H25NO2.C19H25NO2S/c1-24-20-13-12-18-14-19(15-23(18,20)24)26-22(25)21(16-8-4-2-5-9-16)17-10-6-3-7-11-17;1-3-16(23-15-7-5-4-6-8-15)18(21)22-14-11-13-9-10-17-19(13,12-14)20(17)2/h2-11,18-21H,12-15H2,1H3;4-8,13-14,16-17H,3,9-12H2,1-2H3. The third kappa shape index (κ3) is 5.84. The van der Waals surface area contributed by atoms with Gasteiger partial charge in [0.15, 0.2) is 0 Å². The first-order valence-electron chi connectivity index (χ1n) is 18.5. The third-order valence-corrected chi connectivity index (χ3v) is 14.5. The van der Waals surface area contributed by atoms with E-state index in [4.69, 9.17) is 9.47 Å². The molecule has 3 aromatic carbocycles. The van der Waals surface area contributed by atoms with Gasteiger partial charge in [-0.1, -0.05) is 85.8 Å². The summed E-state index contributed by atoms with van der Waals surface area (Å²) >= 11 is 1.63. The normalized spacial score (nSPS) is 36.4. The fourth-order valence-corrected chi connectivity index (χ4v) is 11.8. The Morgan fingerprint density at radius 2 is 1.14 bits per heavy atom. The summed E-state index contributed by atoms with van der Waals surface area (Å²) in [6.45, 7) is 2.06. The molecule has 0 aromatic heterocycles. The van der Waals surface area contributed by atoms with E-state index in [2.05, 4.69) is 43.0 Å². The number of thioether (sulfide) groups is 1. The van der Waals surface area contributed by atoms with E-state index in [1.165, 1.54) is 25.7 Å². The summed E-state index contributed by atoms with van der Waals surface area (Å²) < 4.78 is 12.0. The Morgan fingerprint density at radius 1 is 0.694 bits per heavy atom. The van der Waals surface area contributed by atoms with Crippen molar-refractivity contribution >= 4 is 23.7 Å². The van der Waals surface area contributed by atoms with Crippen molar-refractivity contribution in [2.24, 2.45) is 11.8 Å². The number of rotatable bonds is 9. The van der Waals surface area contributed by atoms with Crippen LogP contribution in [0.15, 0.2) is 95.9 Å². The van der Waals surface area contributed by atoms with Crippen molar-refractivity contribution in [1.82, 2.24) is 9.80 Å². The average molecular weight is 679 g/mol. The maximum atomic E-state index is 13.2. The molecule has 4 saturated carbocycles. The van der Waals surface area contributed by atoms with Gasteiger partial charge in [0.05, 0.1) is 0 Å². The van der Waals surface area contributed by atoms with Gasteiger partial charge in [0, 0.05) is 40.9 Å². The number of hydrogen-bond donors (Lipinski definition) is 0. The van der Waals surface area contributed by atoms with Crippen molar-refractivity contribution in [3.05, 3.63) is 102 Å². The lowest BCUT2D eigenvalue weighted by atomic mass is 9.91. The van der Waals surface area contributed by atoms with Gasteiger partial charge in [0.2, 0.25) is 0 Å². The minimum absolute atomic E-state index is 0.0254. The molecule has 2 spiro atoms. The Hall–Kier alpha value is -3.13. The molecule has 2 saturated heterocycles. The van der Waals surface area contributed by atoms with E-state index in [1.807, 2.05) is 78.9 Å². The lowest BCUT2D eigenvalue weighted by molar-refractivity contribution is -0.150. The molecule has 258 valence electrons. The van der Waals surface area contributed by atoms with E-state index in [9.17, 15) is 9.59 Å². The lowest BCUT2D eigenvalue weighted by Gasteiger charge is -2.20. The lowest BCUT2D eigenvalue weighted by Crippen LogP contribution is -2.25. The summed E-state index contributed by atoms with van der Waals surface area (Å²) in [7, 11) is 4.47. The van der Waals surface area contributed by atoms with Crippen molar-refractivity contribution in [1.29, 1.82) is 0 Å². The van der Waals surface area contributed by atoms with E-state index in [1.54, 1.807) is 11.8 Å². The van der Waals surface area contributed by atoms with E-state index in [0.29, 0.717) is 17.0 Å². The van der Waals surface area contributed by atoms with Crippen LogP contribution < -0.4 is 0 Å². The van der Waals surface area contributed by atoms with Crippen LogP contribution in [0.25, 0.3) is 0 Å². The van der Waals surface area contributed by atoms with Crippen LogP contribution in [0.4, 0.5) is 0 Å². The van der Waals surface area contributed by atoms with Gasteiger partial charge in [-0.3, -0.25) is 19.4 Å². The first-order chi connectivity index (χ1) is 23.8. The minimum Gasteiger partial charge on any atom is -0.462 e. The van der Waals surface area contributed by atoms with Crippen molar-refractivity contribution in [3.8, 4) is 0 Å². The van der Waals surface area contributed by atoms with Gasteiger partial charge >= 0.3 is 11.9 Å². The molecule has 6 fully saturated rings. The maximum absolute atomic E-state index is 13.2. The number of esters is 2. The first-order valence-corrected chi connectivity index (χ1v) is 19.4. The van der Waals surface area contributed by atoms with Crippen LogP contribution in [0.5, 0.6) is 0 Å². The summed E-state index contributed by atoms with van der Waals surface area (Å²) in [5, 5.41) is -0.0944. The number of hydrogen-bond acceptors (Lipinski definition) is 7. The molecule has 6 nitrogen and oxygen atoms in total. The highest BCUT2D eigenvalue weighted by Crippen LogP contribution is 2.64. The van der Waals surface area contributed by atoms with Gasteiger partial charge in [-0.05, 0) is 94.1 Å². The predicted molar refractivity (Wildman–Crippen MR) is 193 cm³/mol. The molecule has 0 radical (unpaired) electrons. The topological polar surface area (TPSA) is 58.6 Å². The van der Waals surface area contributed by atoms with Gasteiger partial charge in [-0.25, -0.2) is 0 Å². The molecular weight excluding hydrogens is 629 g/mol. The Morgan fingerprint density at radius 3 is 1.57 bits per heavy atom. The van der Waals surface area contributed by atoms with Crippen LogP contribution >= 0.6 is 11.8 Å². The zero-order chi connectivity index (χ0) is 33.8. The molecule has 0 N–H and O–H groups in total. The number of carbonyl (C=O) groups is 2. The molecular formula is C42H50N2O4S. The Labute approximate surface area is 295 Å². The monoisotopic (exact) mass is 678 g/mol. The SMILES string of the molecule is CCC(Sc1ccccc1)C(=O)OC1CC2CCC3N(C)C23C1.CN1C2CCC3CC(OC(=O)C(c4ccccc4)c4ccccc4)CC321. The Kier molecular flexibility index (Phi) is 8.90. The fraction of sp³-hybridized carbons (Fsp3) is 0.524. The number of likely N-dealkylation sites (tertiary alicyclic amines) is 2. The van der Waals surface area contributed by atoms with Crippen molar-refractivity contribution in [2.75, 3.05) is 14.1 Å². The number of benzene rings is 3. The zero-order valence-electron chi connectivity index (χ0n) is 29.1. The largest absolute Gasteiger partial charge is 0.462 e. The number of piperidine rings is 2. The molecule has 7 heteroatoms. The molecule has 0 bridgehead atoms. The third-order valence-electron chi connectivity index (χ3n) is 13.2. The van der Waals surface area contributed by atoms with Gasteiger partial charge in [0.25, 0.3) is 0 Å². The van der Waals surface area contributed by atoms with Gasteiger partial charge in [-0.15, -0.1) is 11.8 Å². The molecule has 3 aromatic rings.